The van der Waals surface area contributed by atoms with Gasteiger partial charge in [0.1, 0.15) is 6.61 Å². The molecule has 62 heavy (non-hydrogen) atoms. The lowest BCUT2D eigenvalue weighted by Gasteiger charge is -2.18. The van der Waals surface area contributed by atoms with Crippen molar-refractivity contribution in [2.45, 2.75) is 297 Å². The Hall–Kier alpha value is -1.88. The highest BCUT2D eigenvalue weighted by atomic mass is 16.6. The van der Waals surface area contributed by atoms with Crippen LogP contribution in [-0.4, -0.2) is 37.9 Å². The van der Waals surface area contributed by atoms with Crippen molar-refractivity contribution in [2.24, 2.45) is 0 Å². The van der Waals surface area contributed by atoms with Gasteiger partial charge in [-0.25, -0.2) is 0 Å². The van der Waals surface area contributed by atoms with E-state index in [2.05, 4.69) is 57.2 Å². The second-order valence-electron chi connectivity index (χ2n) is 18.5. The zero-order chi connectivity index (χ0) is 44.9. The van der Waals surface area contributed by atoms with Gasteiger partial charge in [-0.3, -0.25) is 9.59 Å². The highest BCUT2D eigenvalue weighted by Crippen LogP contribution is 2.16. The molecule has 0 radical (unpaired) electrons. The minimum Gasteiger partial charge on any atom is -0.462 e. The fourth-order valence-electron chi connectivity index (χ4n) is 8.12. The Morgan fingerprint density at radius 3 is 1.16 bits per heavy atom. The average molecular weight is 871 g/mol. The molecule has 0 aliphatic heterocycles. The van der Waals surface area contributed by atoms with E-state index >= 15 is 0 Å². The van der Waals surface area contributed by atoms with Gasteiger partial charge in [-0.15, -0.1) is 0 Å². The van der Waals surface area contributed by atoms with E-state index in [1.165, 1.54) is 199 Å². The van der Waals surface area contributed by atoms with Crippen molar-refractivity contribution in [3.05, 3.63) is 36.5 Å². The Labute approximate surface area is 387 Å². The molecule has 0 aliphatic carbocycles. The van der Waals surface area contributed by atoms with Gasteiger partial charge in [0.25, 0.3) is 0 Å². The number of hydrogen-bond donors (Lipinski definition) is 0. The molecule has 0 aromatic carbocycles. The molecule has 0 aliphatic rings. The van der Waals surface area contributed by atoms with Crippen molar-refractivity contribution in [1.29, 1.82) is 0 Å². The van der Waals surface area contributed by atoms with Gasteiger partial charge >= 0.3 is 11.9 Å². The summed E-state index contributed by atoms with van der Waals surface area (Å²) in [5.41, 5.74) is 0. The third-order valence-electron chi connectivity index (χ3n) is 12.2. The number of carbonyl (C=O) groups is 2. The molecule has 0 spiro atoms. The van der Waals surface area contributed by atoms with Crippen LogP contribution in [0.15, 0.2) is 36.5 Å². The third kappa shape index (κ3) is 50.8. The molecule has 0 aromatic rings. The first kappa shape index (κ1) is 60.1. The average Bonchev–Trinajstić information content (AvgIpc) is 3.27. The first-order valence-corrected chi connectivity index (χ1v) is 27.5. The summed E-state index contributed by atoms with van der Waals surface area (Å²) in [4.78, 5) is 25.4. The van der Waals surface area contributed by atoms with Crippen molar-refractivity contribution in [2.75, 3.05) is 19.8 Å². The van der Waals surface area contributed by atoms with Crippen LogP contribution in [0.1, 0.15) is 290 Å². The lowest BCUT2D eigenvalue weighted by atomic mass is 10.0. The summed E-state index contributed by atoms with van der Waals surface area (Å²) < 4.78 is 17.4. The number of ether oxygens (including phenoxy) is 3. The van der Waals surface area contributed by atoms with E-state index in [4.69, 9.17) is 14.2 Å². The summed E-state index contributed by atoms with van der Waals surface area (Å²) >= 11 is 0. The van der Waals surface area contributed by atoms with Crippen molar-refractivity contribution in [3.8, 4) is 0 Å². The van der Waals surface area contributed by atoms with Gasteiger partial charge in [0.15, 0.2) is 6.10 Å². The van der Waals surface area contributed by atoms with Crippen molar-refractivity contribution < 1.29 is 23.8 Å². The second-order valence-corrected chi connectivity index (χ2v) is 18.5. The quantitative estimate of drug-likeness (QED) is 0.0346. The number of allylic oxidation sites excluding steroid dienone is 6. The molecule has 0 heterocycles. The second kappa shape index (κ2) is 53.5. The van der Waals surface area contributed by atoms with Gasteiger partial charge in [0, 0.05) is 19.4 Å². The van der Waals surface area contributed by atoms with E-state index in [9.17, 15) is 9.59 Å². The lowest BCUT2D eigenvalue weighted by Crippen LogP contribution is -2.30. The molecule has 1 atom stereocenters. The minimum absolute atomic E-state index is 0.0885. The van der Waals surface area contributed by atoms with E-state index in [-0.39, 0.29) is 25.2 Å². The summed E-state index contributed by atoms with van der Waals surface area (Å²) in [6.07, 6.45) is 64.5. The predicted octanol–water partition coefficient (Wildman–Crippen LogP) is 18.6. The molecule has 0 saturated heterocycles. The van der Waals surface area contributed by atoms with E-state index in [1.807, 2.05) is 0 Å². The zero-order valence-electron chi connectivity index (χ0n) is 41.9. The first-order valence-electron chi connectivity index (χ1n) is 27.5. The van der Waals surface area contributed by atoms with Crippen LogP contribution in [0.4, 0.5) is 0 Å². The standard InChI is InChI=1S/C57H106O5/c1-4-7-10-13-16-19-21-23-25-27-29-30-32-34-36-39-41-44-47-50-56(58)61-54-55(62-57(59)51-48-45-42-38-18-15-12-9-6-3)53-60-52-49-46-43-40-37-35-33-31-28-26-24-22-20-17-14-11-8-5-2/h8,11,17,20,24,26,55H,4-7,9-10,12-16,18-19,21-23,25,27-54H2,1-3H3/b11-8-,20-17-,26-24-. The smallest absolute Gasteiger partial charge is 0.306 e. The van der Waals surface area contributed by atoms with Crippen LogP contribution in [0.25, 0.3) is 0 Å². The minimum atomic E-state index is -0.533. The summed E-state index contributed by atoms with van der Waals surface area (Å²) in [6, 6.07) is 0. The van der Waals surface area contributed by atoms with Crippen LogP contribution < -0.4 is 0 Å². The van der Waals surface area contributed by atoms with Crippen LogP contribution >= 0.6 is 0 Å². The number of unbranched alkanes of at least 4 members (excludes halogenated alkanes) is 34. The van der Waals surface area contributed by atoms with Gasteiger partial charge in [-0.1, -0.05) is 263 Å². The van der Waals surface area contributed by atoms with Crippen LogP contribution in [0.5, 0.6) is 0 Å². The molecule has 0 saturated carbocycles. The van der Waals surface area contributed by atoms with Gasteiger partial charge < -0.3 is 14.2 Å². The highest BCUT2D eigenvalue weighted by molar-refractivity contribution is 5.70. The molecule has 0 N–H and O–H groups in total. The maximum atomic E-state index is 12.7. The number of esters is 2. The van der Waals surface area contributed by atoms with E-state index in [0.717, 1.165) is 57.8 Å². The molecule has 0 fully saturated rings. The Morgan fingerprint density at radius 2 is 0.726 bits per heavy atom. The van der Waals surface area contributed by atoms with Crippen LogP contribution in [0.3, 0.4) is 0 Å². The largest absolute Gasteiger partial charge is 0.462 e. The van der Waals surface area contributed by atoms with Crippen molar-refractivity contribution in [3.63, 3.8) is 0 Å². The lowest BCUT2D eigenvalue weighted by molar-refractivity contribution is -0.163. The number of rotatable bonds is 51. The highest BCUT2D eigenvalue weighted by Gasteiger charge is 2.17. The van der Waals surface area contributed by atoms with Gasteiger partial charge in [0.2, 0.25) is 0 Å². The Kier molecular flexibility index (Phi) is 51.8. The Bertz CT molecular complexity index is 986. The molecular weight excluding hydrogens is 765 g/mol. The van der Waals surface area contributed by atoms with Crippen molar-refractivity contribution >= 4 is 11.9 Å². The summed E-state index contributed by atoms with van der Waals surface area (Å²) in [5, 5.41) is 0. The van der Waals surface area contributed by atoms with E-state index < -0.39 is 6.10 Å². The molecule has 0 rings (SSSR count). The van der Waals surface area contributed by atoms with Crippen LogP contribution in [0, 0.1) is 0 Å². The van der Waals surface area contributed by atoms with E-state index in [1.54, 1.807) is 0 Å². The first-order chi connectivity index (χ1) is 30.6. The maximum absolute atomic E-state index is 12.7. The molecule has 364 valence electrons. The summed E-state index contributed by atoms with van der Waals surface area (Å²) in [6.45, 7) is 7.74. The molecule has 5 heteroatoms. The SMILES string of the molecule is CC/C=C\C/C=C\C/C=C\CCCCCCCCCCOCC(COC(=O)CCCCCCCCCCCCCCCCCCCCC)OC(=O)CCCCCCCCCCC. The number of carbonyl (C=O) groups excluding carboxylic acids is 2. The van der Waals surface area contributed by atoms with Crippen molar-refractivity contribution in [1.82, 2.24) is 0 Å². The van der Waals surface area contributed by atoms with Gasteiger partial charge in [-0.2, -0.15) is 0 Å². The topological polar surface area (TPSA) is 61.8 Å². The van der Waals surface area contributed by atoms with Gasteiger partial charge in [-0.05, 0) is 51.4 Å². The van der Waals surface area contributed by atoms with Crippen LogP contribution in [0.2, 0.25) is 0 Å². The molecule has 0 amide bonds. The predicted molar refractivity (Wildman–Crippen MR) is 270 cm³/mol. The molecule has 1 unspecified atom stereocenters. The van der Waals surface area contributed by atoms with E-state index in [0.29, 0.717) is 19.4 Å². The molecule has 5 nitrogen and oxygen atoms in total. The monoisotopic (exact) mass is 871 g/mol. The normalized spacial score (nSPS) is 12.4. The molecular formula is C57H106O5. The third-order valence-corrected chi connectivity index (χ3v) is 12.2. The molecule has 0 aromatic heterocycles. The Balaban J connectivity index is 4.12. The summed E-state index contributed by atoms with van der Waals surface area (Å²) in [5.74, 6) is -0.386. The fraction of sp³-hybridized carbons (Fsp3) is 0.860. The molecule has 0 bridgehead atoms. The zero-order valence-corrected chi connectivity index (χ0v) is 41.9. The van der Waals surface area contributed by atoms with Crippen LogP contribution in [-0.2, 0) is 23.8 Å². The summed E-state index contributed by atoms with van der Waals surface area (Å²) in [7, 11) is 0. The maximum Gasteiger partial charge on any atom is 0.306 e. The fourth-order valence-corrected chi connectivity index (χ4v) is 8.12. The number of hydrogen-bond acceptors (Lipinski definition) is 5. The van der Waals surface area contributed by atoms with Gasteiger partial charge in [0.05, 0.1) is 6.61 Å². The Morgan fingerprint density at radius 1 is 0.371 bits per heavy atom.